The summed E-state index contributed by atoms with van der Waals surface area (Å²) in [6.45, 7) is 40.9. The summed E-state index contributed by atoms with van der Waals surface area (Å²) in [5.74, 6) is 2.16. The van der Waals surface area contributed by atoms with Crippen molar-refractivity contribution in [3.63, 3.8) is 0 Å². The van der Waals surface area contributed by atoms with E-state index in [0.717, 1.165) is 95.9 Å². The molecule has 0 aromatic heterocycles. The molecule has 12 nitrogen and oxygen atoms in total. The topological polar surface area (TPSA) is 107 Å². The lowest BCUT2D eigenvalue weighted by Gasteiger charge is -2.60. The van der Waals surface area contributed by atoms with Crippen molar-refractivity contribution in [3.8, 4) is 0 Å². The fraction of sp³-hybridized carbons (Fsp3) is 0.708. The maximum absolute atomic E-state index is 13.7. The number of likely N-dealkylation sites (N-methyl/N-ethyl adjacent to an activating group) is 1. The number of fused-ring (bicyclic) bond motifs is 2. The van der Waals surface area contributed by atoms with Crippen molar-refractivity contribution in [3.05, 3.63) is 118 Å². The van der Waals surface area contributed by atoms with Gasteiger partial charge in [0, 0.05) is 167 Å². The molecule has 0 radical (unpaired) electrons. The highest BCUT2D eigenvalue weighted by molar-refractivity contribution is 6.31. The first-order valence-electron chi connectivity index (χ1n) is 34.2. The molecule has 2 saturated heterocycles. The SMILES string of the molecule is CCO[C@@H]1CNCC2(CCCC2)NC(C)[C@H]([C@@H](C)CC)N2C(C)[C@@H](C)C2CNC(C)[C@H](CC(C)C)NC[C@H]([C@@H](C)CC)NC(C)[C@H](C)N2CCCC2=CN(CC)C(Cc2ccc(C)cc2)=CN(C)C=CNC(CCc2ccc(C(F)(F)F)c(Cl)c2)=CC=N1. The van der Waals surface area contributed by atoms with Crippen LogP contribution in [0.2, 0.25) is 5.02 Å². The maximum atomic E-state index is 13.7. The Morgan fingerprint density at radius 3 is 2.16 bits per heavy atom. The zero-order chi connectivity index (χ0) is 64.3. The van der Waals surface area contributed by atoms with Crippen LogP contribution in [0.15, 0.2) is 95.4 Å². The zero-order valence-electron chi connectivity index (χ0n) is 57.2. The van der Waals surface area contributed by atoms with Crippen LogP contribution in [0.4, 0.5) is 13.2 Å². The summed E-state index contributed by atoms with van der Waals surface area (Å²) < 4.78 is 47.5. The molecule has 1 saturated carbocycles. The van der Waals surface area contributed by atoms with E-state index in [-0.39, 0.29) is 28.7 Å². The molecule has 496 valence electrons. The largest absolute Gasteiger partial charge is 0.417 e. The van der Waals surface area contributed by atoms with Crippen LogP contribution in [-0.4, -0.2) is 145 Å². The average molecular weight is 1250 g/mol. The van der Waals surface area contributed by atoms with Crippen LogP contribution in [0, 0.1) is 30.6 Å². The van der Waals surface area contributed by atoms with Crippen LogP contribution in [-0.2, 0) is 23.8 Å². The predicted molar refractivity (Wildman–Crippen MR) is 364 cm³/mol. The minimum atomic E-state index is -4.53. The Morgan fingerprint density at radius 1 is 0.807 bits per heavy atom. The number of aliphatic imine (C=N–C) groups is 1. The normalized spacial score (nSPS) is 29.1. The number of nitrogens with one attached hydrogen (secondary N) is 6. The van der Waals surface area contributed by atoms with Gasteiger partial charge in [0.05, 0.1) is 10.6 Å². The zero-order valence-corrected chi connectivity index (χ0v) is 57.9. The number of allylic oxidation sites excluding steroid dienone is 4. The van der Waals surface area contributed by atoms with E-state index in [1.54, 1.807) is 6.21 Å². The van der Waals surface area contributed by atoms with Gasteiger partial charge in [-0.25, -0.2) is 0 Å². The van der Waals surface area contributed by atoms with Crippen LogP contribution in [0.25, 0.3) is 0 Å². The van der Waals surface area contributed by atoms with Crippen molar-refractivity contribution in [1.82, 2.24) is 51.5 Å². The Morgan fingerprint density at radius 2 is 1.51 bits per heavy atom. The molecule has 2 aromatic rings. The molecule has 0 bridgehead atoms. The second kappa shape index (κ2) is 35.2. The number of hydrogen-bond donors (Lipinski definition) is 6. The van der Waals surface area contributed by atoms with Crippen LogP contribution in [0.3, 0.4) is 0 Å². The first kappa shape index (κ1) is 73.1. The van der Waals surface area contributed by atoms with Gasteiger partial charge in [-0.1, -0.05) is 122 Å². The third kappa shape index (κ3) is 21.1. The predicted octanol–water partition coefficient (Wildman–Crippen LogP) is 14.0. The Bertz CT molecular complexity index is 2550. The first-order chi connectivity index (χ1) is 41.9. The monoisotopic (exact) mass is 1250 g/mol. The molecule has 6 N–H and O–H groups in total. The Labute approximate surface area is 537 Å². The summed E-state index contributed by atoms with van der Waals surface area (Å²) >= 11 is 6.23. The second-order valence-electron chi connectivity index (χ2n) is 27.4. The fourth-order valence-electron chi connectivity index (χ4n) is 14.3. The molecule has 16 heteroatoms. The molecule has 13 atom stereocenters. The van der Waals surface area contributed by atoms with Crippen molar-refractivity contribution in [1.29, 1.82) is 0 Å². The van der Waals surface area contributed by atoms with Gasteiger partial charge in [0.2, 0.25) is 0 Å². The molecular formula is C72H119ClF3N11O. The fourth-order valence-corrected chi connectivity index (χ4v) is 14.6. The Balaban J connectivity index is 1.36. The van der Waals surface area contributed by atoms with Crippen LogP contribution in [0.1, 0.15) is 183 Å². The number of aryl methyl sites for hydroxylation is 2. The van der Waals surface area contributed by atoms with Gasteiger partial charge in [0.1, 0.15) is 0 Å². The molecule has 3 fully saturated rings. The van der Waals surface area contributed by atoms with Gasteiger partial charge in [-0.2, -0.15) is 13.2 Å². The van der Waals surface area contributed by atoms with Gasteiger partial charge in [0.25, 0.3) is 0 Å². The maximum Gasteiger partial charge on any atom is 0.417 e. The summed E-state index contributed by atoms with van der Waals surface area (Å²) in [6.07, 6.45) is 19.2. The molecule has 6 rings (SSSR count). The summed E-state index contributed by atoms with van der Waals surface area (Å²) in [7, 11) is 2.05. The third-order valence-corrected chi connectivity index (χ3v) is 20.7. The number of nitrogens with zero attached hydrogens (tertiary/aromatic N) is 5. The van der Waals surface area contributed by atoms with Crippen molar-refractivity contribution in [2.45, 2.75) is 253 Å². The summed E-state index contributed by atoms with van der Waals surface area (Å²) in [5.41, 5.74) is 5.67. The molecule has 1 aliphatic carbocycles. The summed E-state index contributed by atoms with van der Waals surface area (Å²) in [4.78, 5) is 15.0. The first-order valence-corrected chi connectivity index (χ1v) is 34.6. The average Bonchev–Trinajstić information content (AvgIpc) is 0.993. The van der Waals surface area contributed by atoms with Gasteiger partial charge in [-0.15, -0.1) is 0 Å². The van der Waals surface area contributed by atoms with Gasteiger partial charge in [0.15, 0.2) is 6.23 Å². The molecule has 3 aliphatic heterocycles. The Kier molecular flexibility index (Phi) is 29.3. The minimum Gasteiger partial charge on any atom is -0.369 e. The van der Waals surface area contributed by atoms with Crippen molar-refractivity contribution < 1.29 is 17.9 Å². The second-order valence-corrected chi connectivity index (χ2v) is 27.8. The van der Waals surface area contributed by atoms with Crippen molar-refractivity contribution >= 4 is 17.8 Å². The molecule has 5 unspecified atom stereocenters. The van der Waals surface area contributed by atoms with Gasteiger partial charge < -0.3 is 51.3 Å². The van der Waals surface area contributed by atoms with Gasteiger partial charge in [-0.05, 0) is 153 Å². The van der Waals surface area contributed by atoms with E-state index in [4.69, 9.17) is 21.3 Å². The van der Waals surface area contributed by atoms with E-state index in [1.807, 2.05) is 25.4 Å². The van der Waals surface area contributed by atoms with E-state index >= 15 is 0 Å². The van der Waals surface area contributed by atoms with E-state index in [0.29, 0.717) is 91.5 Å². The lowest BCUT2D eigenvalue weighted by molar-refractivity contribution is -0.137. The third-order valence-electron chi connectivity index (χ3n) is 20.3. The van der Waals surface area contributed by atoms with E-state index in [2.05, 4.69) is 192 Å². The lowest BCUT2D eigenvalue weighted by atomic mass is 9.76. The number of hydrogen-bond acceptors (Lipinski definition) is 12. The standard InChI is InChI=1S/C72H119ClF3N11O/c1-17-51(8)67-43-81-66(40-49(5)6)55(12)80-44-68-53(10)57(14)87(68)70(52(9)18-2)56(13)83-71(34-21-22-35-71)48-77-45-69(88-20-4)79-36-33-61(31-29-60-30-32-64(65(73)42-60)72(74,75)76)78-37-39-84(16)46-63(41-59-27-25-50(7)26-28-59)85(19-3)47-62-24-23-38-86(62)58(15)54(11)82-67/h25-28,30,32-33,36-37,39,42,46-47,49,51-58,66-70,77-78,80-83H,17-24,29,31,34-35,38,40-41,43-45,48H2,1-16H3/t51-,52-,53+,54?,55?,56?,57?,58-,66-,67+,68?,69+,70-/m0/s1. The molecule has 2 aromatic carbocycles. The van der Waals surface area contributed by atoms with Crippen LogP contribution < -0.4 is 31.9 Å². The molecule has 0 amide bonds. The van der Waals surface area contributed by atoms with Gasteiger partial charge >= 0.3 is 6.18 Å². The van der Waals surface area contributed by atoms with E-state index in [9.17, 15) is 13.2 Å². The molecular weight excluding hydrogens is 1130 g/mol. The number of halogens is 4. The van der Waals surface area contributed by atoms with Crippen molar-refractivity contribution in [2.24, 2.45) is 28.7 Å². The molecule has 88 heavy (non-hydrogen) atoms. The van der Waals surface area contributed by atoms with Crippen LogP contribution in [0.5, 0.6) is 0 Å². The molecule has 3 heterocycles. The highest BCUT2D eigenvalue weighted by Gasteiger charge is 2.50. The lowest BCUT2D eigenvalue weighted by Crippen LogP contribution is -2.73. The summed E-state index contributed by atoms with van der Waals surface area (Å²) in [5, 5.41) is 24.0. The van der Waals surface area contributed by atoms with Crippen molar-refractivity contribution in [2.75, 3.05) is 52.9 Å². The van der Waals surface area contributed by atoms with Crippen LogP contribution >= 0.6 is 11.6 Å². The molecule has 1 spiro atoms. The highest BCUT2D eigenvalue weighted by atomic mass is 35.5. The minimum absolute atomic E-state index is 0.0466. The quantitative estimate of drug-likeness (QED) is 0.109. The number of benzene rings is 2. The summed E-state index contributed by atoms with van der Waals surface area (Å²) in [6, 6.07) is 15.9. The van der Waals surface area contributed by atoms with E-state index in [1.165, 1.54) is 47.5 Å². The van der Waals surface area contributed by atoms with Gasteiger partial charge in [-0.3, -0.25) is 9.89 Å². The number of rotatable bonds is 14. The number of alkyl halides is 3. The molecule has 4 aliphatic rings. The highest BCUT2D eigenvalue weighted by Crippen LogP contribution is 2.40. The Hall–Kier alpha value is -3.93. The van der Waals surface area contributed by atoms with E-state index < -0.39 is 18.0 Å². The smallest absolute Gasteiger partial charge is 0.369 e. The number of ether oxygens (including phenoxy) is 1.